The summed E-state index contributed by atoms with van der Waals surface area (Å²) in [7, 11) is -2.98. The summed E-state index contributed by atoms with van der Waals surface area (Å²) in [4.78, 5) is 27.4. The van der Waals surface area contributed by atoms with Gasteiger partial charge in [-0.15, -0.1) is 0 Å². The highest BCUT2D eigenvalue weighted by Gasteiger charge is 2.12. The molecular weight excluding hydrogens is 500 g/mol. The molecule has 0 aliphatic carbocycles. The van der Waals surface area contributed by atoms with Crippen molar-refractivity contribution in [3.8, 4) is 0 Å². The molecule has 0 rings (SSSR count). The summed E-state index contributed by atoms with van der Waals surface area (Å²) in [5.74, 6) is -0.0750. The number of sulfone groups is 2. The number of amides is 2. The number of hydrogen-bond acceptors (Lipinski definition) is 6. The van der Waals surface area contributed by atoms with Gasteiger partial charge >= 0.3 is 0 Å². The number of carbonyl (C=O) groups is 2. The van der Waals surface area contributed by atoms with Crippen LogP contribution in [-0.2, 0) is 29.3 Å². The Morgan fingerprint density at radius 1 is 0.583 bits per heavy atom. The second-order valence-corrected chi connectivity index (χ2v) is 14.1. The lowest BCUT2D eigenvalue weighted by molar-refractivity contribution is -0.130. The van der Waals surface area contributed by atoms with E-state index in [2.05, 4.69) is 13.8 Å². The Kier molecular flexibility index (Phi) is 18.9. The summed E-state index contributed by atoms with van der Waals surface area (Å²) in [6, 6.07) is 0. The van der Waals surface area contributed by atoms with Gasteiger partial charge in [0.2, 0.25) is 11.8 Å². The van der Waals surface area contributed by atoms with Crippen molar-refractivity contribution in [1.82, 2.24) is 9.80 Å². The molecule has 0 aliphatic rings. The fourth-order valence-corrected chi connectivity index (χ4v) is 6.05. The largest absolute Gasteiger partial charge is 0.346 e. The van der Waals surface area contributed by atoms with Gasteiger partial charge in [-0.05, 0) is 38.5 Å². The number of hydrogen-bond donors (Lipinski definition) is 0. The molecule has 0 saturated carbocycles. The molecular formula is C26H50N2O6S2. The fraction of sp³-hybridized carbons (Fsp3) is 0.846. The van der Waals surface area contributed by atoms with Crippen LogP contribution in [-0.4, -0.2) is 88.6 Å². The molecule has 212 valence electrons. The van der Waals surface area contributed by atoms with Crippen LogP contribution < -0.4 is 0 Å². The molecule has 0 spiro atoms. The zero-order chi connectivity index (χ0) is 27.5. The molecule has 0 heterocycles. The van der Waals surface area contributed by atoms with Gasteiger partial charge < -0.3 is 9.80 Å². The third kappa shape index (κ3) is 18.8. The van der Waals surface area contributed by atoms with Crippen LogP contribution in [0.2, 0.25) is 0 Å². The molecule has 2 amide bonds. The molecule has 8 nitrogen and oxygen atoms in total. The third-order valence-electron chi connectivity index (χ3n) is 6.10. The zero-order valence-corrected chi connectivity index (χ0v) is 24.7. The predicted molar refractivity (Wildman–Crippen MR) is 148 cm³/mol. The van der Waals surface area contributed by atoms with Gasteiger partial charge in [0.25, 0.3) is 0 Å². The quantitative estimate of drug-likeness (QED) is 0.149. The minimum absolute atomic E-state index is 0.0380. The van der Waals surface area contributed by atoms with Gasteiger partial charge in [-0.2, -0.15) is 0 Å². The van der Waals surface area contributed by atoms with Gasteiger partial charge in [0, 0.05) is 40.0 Å². The fourth-order valence-electron chi connectivity index (χ4n) is 3.57. The first-order valence-electron chi connectivity index (χ1n) is 13.5. The first-order valence-corrected chi connectivity index (χ1v) is 17.1. The Balaban J connectivity index is 4.05. The monoisotopic (exact) mass is 550 g/mol. The molecule has 0 aromatic rings. The molecule has 0 bridgehead atoms. The molecule has 0 N–H and O–H groups in total. The van der Waals surface area contributed by atoms with Gasteiger partial charge in [-0.3, -0.25) is 9.59 Å². The van der Waals surface area contributed by atoms with Crippen molar-refractivity contribution in [3.63, 3.8) is 0 Å². The molecule has 0 aliphatic heterocycles. The van der Waals surface area contributed by atoms with E-state index < -0.39 is 19.7 Å². The summed E-state index contributed by atoms with van der Waals surface area (Å²) in [5, 5.41) is 0. The second kappa shape index (κ2) is 19.7. The van der Waals surface area contributed by atoms with Crippen molar-refractivity contribution in [2.45, 2.75) is 90.9 Å². The number of unbranched alkanes of at least 4 members (excludes halogenated alkanes) is 6. The lowest BCUT2D eigenvalue weighted by Gasteiger charge is -2.16. The summed E-state index contributed by atoms with van der Waals surface area (Å²) >= 11 is 0. The van der Waals surface area contributed by atoms with Crippen molar-refractivity contribution in [1.29, 1.82) is 0 Å². The van der Waals surface area contributed by atoms with Crippen LogP contribution >= 0.6 is 0 Å². The summed E-state index contributed by atoms with van der Waals surface area (Å²) in [5.41, 5.74) is 0. The molecule has 0 aromatic carbocycles. The molecule has 0 saturated heterocycles. The van der Waals surface area contributed by atoms with E-state index in [-0.39, 0.29) is 34.8 Å². The van der Waals surface area contributed by atoms with E-state index in [9.17, 15) is 26.4 Å². The van der Waals surface area contributed by atoms with Gasteiger partial charge in [-0.1, -0.05) is 51.7 Å². The number of rotatable bonds is 22. The van der Waals surface area contributed by atoms with E-state index in [1.54, 1.807) is 23.9 Å². The van der Waals surface area contributed by atoms with Crippen LogP contribution in [0, 0.1) is 0 Å². The minimum atomic E-state index is -3.29. The van der Waals surface area contributed by atoms with Gasteiger partial charge in [0.15, 0.2) is 19.7 Å². The molecule has 0 atom stereocenters. The average molecular weight is 551 g/mol. The van der Waals surface area contributed by atoms with Gasteiger partial charge in [0.05, 0.1) is 23.0 Å². The van der Waals surface area contributed by atoms with E-state index in [1.807, 2.05) is 0 Å². The van der Waals surface area contributed by atoms with E-state index in [4.69, 9.17) is 0 Å². The van der Waals surface area contributed by atoms with E-state index in [0.29, 0.717) is 51.4 Å². The van der Waals surface area contributed by atoms with Crippen LogP contribution in [0.4, 0.5) is 0 Å². The van der Waals surface area contributed by atoms with Gasteiger partial charge in [-0.25, -0.2) is 16.8 Å². The summed E-state index contributed by atoms with van der Waals surface area (Å²) in [6.45, 7) is 5.67. The molecule has 0 radical (unpaired) electrons. The topological polar surface area (TPSA) is 109 Å². The summed E-state index contributed by atoms with van der Waals surface area (Å²) < 4.78 is 48.7. The zero-order valence-electron chi connectivity index (χ0n) is 23.0. The van der Waals surface area contributed by atoms with Crippen molar-refractivity contribution in [3.05, 3.63) is 12.2 Å². The van der Waals surface area contributed by atoms with Crippen LogP contribution in [0.25, 0.3) is 0 Å². The normalized spacial score (nSPS) is 12.2. The minimum Gasteiger partial charge on any atom is -0.346 e. The molecule has 10 heteroatoms. The molecule has 0 fully saturated rings. The van der Waals surface area contributed by atoms with Crippen molar-refractivity contribution < 1.29 is 26.4 Å². The lowest BCUT2D eigenvalue weighted by Crippen LogP contribution is -2.27. The SMILES string of the molecule is CCCCN(C)C(=O)CCCCCS(=O)(=O)C/C=C/CS(=O)(=O)CCCCCC(=O)N(C)CCCC. The first kappa shape index (κ1) is 34.6. The van der Waals surface area contributed by atoms with Crippen LogP contribution in [0.3, 0.4) is 0 Å². The van der Waals surface area contributed by atoms with Crippen molar-refractivity contribution in [2.75, 3.05) is 50.2 Å². The Bertz CT molecular complexity index is 784. The maximum absolute atomic E-state index is 12.2. The average Bonchev–Trinajstić information content (AvgIpc) is 2.82. The maximum atomic E-state index is 12.2. The Labute approximate surface area is 220 Å². The maximum Gasteiger partial charge on any atom is 0.222 e. The Morgan fingerprint density at radius 2 is 0.944 bits per heavy atom. The number of carbonyl (C=O) groups excluding carboxylic acids is 2. The Morgan fingerprint density at radius 3 is 1.28 bits per heavy atom. The lowest BCUT2D eigenvalue weighted by atomic mass is 10.2. The summed E-state index contributed by atoms with van der Waals surface area (Å²) in [6.07, 6.45) is 11.4. The molecule has 36 heavy (non-hydrogen) atoms. The highest BCUT2D eigenvalue weighted by molar-refractivity contribution is 7.91. The number of nitrogens with zero attached hydrogens (tertiary/aromatic N) is 2. The third-order valence-corrected chi connectivity index (χ3v) is 9.33. The predicted octanol–water partition coefficient (Wildman–Crippen LogP) is 4.01. The highest BCUT2D eigenvalue weighted by Crippen LogP contribution is 2.08. The molecule has 0 aromatic heterocycles. The Hall–Kier alpha value is -1.42. The first-order chi connectivity index (χ1) is 16.9. The van der Waals surface area contributed by atoms with Crippen LogP contribution in [0.5, 0.6) is 0 Å². The molecule has 0 unspecified atom stereocenters. The van der Waals surface area contributed by atoms with Crippen molar-refractivity contribution >= 4 is 31.5 Å². The van der Waals surface area contributed by atoms with Crippen LogP contribution in [0.15, 0.2) is 12.2 Å². The van der Waals surface area contributed by atoms with E-state index in [0.717, 1.165) is 38.8 Å². The van der Waals surface area contributed by atoms with E-state index in [1.165, 1.54) is 12.2 Å². The van der Waals surface area contributed by atoms with E-state index >= 15 is 0 Å². The second-order valence-electron chi connectivity index (χ2n) is 9.66. The van der Waals surface area contributed by atoms with Gasteiger partial charge in [0.1, 0.15) is 0 Å². The highest BCUT2D eigenvalue weighted by atomic mass is 32.2. The van der Waals surface area contributed by atoms with Crippen LogP contribution in [0.1, 0.15) is 90.9 Å². The smallest absolute Gasteiger partial charge is 0.222 e. The standard InChI is InChI=1S/C26H50N2O6S2/c1-5-7-19-27(3)25(29)17-11-9-13-21-35(31,32)23-15-16-24-36(33,34)22-14-10-12-18-26(30)28(4)20-8-6-2/h15-16H,5-14,17-24H2,1-4H3/b16-15+. The van der Waals surface area contributed by atoms with Crippen molar-refractivity contribution in [2.24, 2.45) is 0 Å².